The van der Waals surface area contributed by atoms with Crippen molar-refractivity contribution in [1.29, 1.82) is 0 Å². The molecule has 0 radical (unpaired) electrons. The monoisotopic (exact) mass is 348 g/mol. The number of halogens is 1. The van der Waals surface area contributed by atoms with Crippen molar-refractivity contribution in [3.63, 3.8) is 0 Å². The van der Waals surface area contributed by atoms with Crippen LogP contribution in [0.4, 0.5) is 5.69 Å². The van der Waals surface area contributed by atoms with Gasteiger partial charge >= 0.3 is 5.97 Å². The molecule has 2 N–H and O–H groups in total. The highest BCUT2D eigenvalue weighted by Crippen LogP contribution is 2.36. The third kappa shape index (κ3) is 5.91. The van der Waals surface area contributed by atoms with E-state index in [-0.39, 0.29) is 42.8 Å². The predicted molar refractivity (Wildman–Crippen MR) is 86.2 cm³/mol. The van der Waals surface area contributed by atoms with Crippen LogP contribution in [-0.2, 0) is 9.53 Å². The zero-order valence-electron chi connectivity index (χ0n) is 13.2. The Labute approximate surface area is 140 Å². The smallest absolute Gasteiger partial charge is 0.305 e. The number of ether oxygens (including phenoxy) is 3. The van der Waals surface area contributed by atoms with Gasteiger partial charge in [-0.2, -0.15) is 0 Å². The van der Waals surface area contributed by atoms with Gasteiger partial charge in [0.25, 0.3) is 5.69 Å². The van der Waals surface area contributed by atoms with Crippen molar-refractivity contribution >= 4 is 24.1 Å². The van der Waals surface area contributed by atoms with Crippen LogP contribution in [0.15, 0.2) is 12.1 Å². The number of rotatable bonds is 8. The summed E-state index contributed by atoms with van der Waals surface area (Å²) in [6.07, 6.45) is 0.636. The van der Waals surface area contributed by atoms with Crippen LogP contribution in [0.1, 0.15) is 31.4 Å². The average Bonchev–Trinajstić information content (AvgIpc) is 2.50. The van der Waals surface area contributed by atoms with Crippen molar-refractivity contribution in [3.05, 3.63) is 27.8 Å². The van der Waals surface area contributed by atoms with Crippen molar-refractivity contribution in [2.24, 2.45) is 5.73 Å². The molecular formula is C14H21ClN2O6. The molecule has 0 bridgehead atoms. The lowest BCUT2D eigenvalue weighted by Crippen LogP contribution is -2.10. The van der Waals surface area contributed by atoms with Gasteiger partial charge in [0.05, 0.1) is 37.4 Å². The molecule has 1 aromatic carbocycles. The lowest BCUT2D eigenvalue weighted by molar-refractivity contribution is -0.385. The second kappa shape index (κ2) is 9.86. The Morgan fingerprint density at radius 1 is 1.35 bits per heavy atom. The Morgan fingerprint density at radius 2 is 2.00 bits per heavy atom. The minimum Gasteiger partial charge on any atom is -0.493 e. The van der Waals surface area contributed by atoms with E-state index in [1.807, 2.05) is 0 Å². The van der Waals surface area contributed by atoms with E-state index in [1.165, 1.54) is 26.4 Å². The van der Waals surface area contributed by atoms with E-state index in [0.29, 0.717) is 17.7 Å². The summed E-state index contributed by atoms with van der Waals surface area (Å²) >= 11 is 0. The van der Waals surface area contributed by atoms with Gasteiger partial charge in [-0.25, -0.2) is 0 Å². The summed E-state index contributed by atoms with van der Waals surface area (Å²) in [4.78, 5) is 21.6. The Hall–Kier alpha value is -2.06. The largest absolute Gasteiger partial charge is 0.493 e. The lowest BCUT2D eigenvalue weighted by Gasteiger charge is -2.14. The molecular weight excluding hydrogens is 328 g/mol. The van der Waals surface area contributed by atoms with Crippen LogP contribution in [-0.4, -0.2) is 31.7 Å². The van der Waals surface area contributed by atoms with Gasteiger partial charge in [0.2, 0.25) is 0 Å². The number of carbonyl (C=O) groups is 1. The van der Waals surface area contributed by atoms with Crippen molar-refractivity contribution < 1.29 is 23.9 Å². The third-order valence-electron chi connectivity index (χ3n) is 3.01. The highest BCUT2D eigenvalue weighted by Gasteiger charge is 2.22. The Balaban J connectivity index is 0.00000484. The lowest BCUT2D eigenvalue weighted by atomic mass is 10.1. The summed E-state index contributed by atoms with van der Waals surface area (Å²) in [6, 6.07) is 2.27. The second-order valence-electron chi connectivity index (χ2n) is 4.64. The second-order valence-corrected chi connectivity index (χ2v) is 4.64. The summed E-state index contributed by atoms with van der Waals surface area (Å²) < 4.78 is 15.2. The third-order valence-corrected chi connectivity index (χ3v) is 3.01. The van der Waals surface area contributed by atoms with Crippen molar-refractivity contribution in [2.75, 3.05) is 20.8 Å². The Kier molecular flexibility index (Phi) is 8.97. The molecule has 0 aliphatic rings. The molecule has 0 saturated carbocycles. The highest BCUT2D eigenvalue weighted by molar-refractivity contribution is 5.85. The van der Waals surface area contributed by atoms with Crippen LogP contribution >= 0.6 is 12.4 Å². The van der Waals surface area contributed by atoms with E-state index in [0.717, 1.165) is 0 Å². The molecule has 0 amide bonds. The molecule has 0 aromatic heterocycles. The first-order chi connectivity index (χ1) is 10.4. The number of hydrogen-bond acceptors (Lipinski definition) is 7. The number of nitro groups is 1. The van der Waals surface area contributed by atoms with Crippen LogP contribution in [0.2, 0.25) is 0 Å². The fraction of sp³-hybridized carbons (Fsp3) is 0.500. The van der Waals surface area contributed by atoms with Crippen molar-refractivity contribution in [1.82, 2.24) is 0 Å². The minimum absolute atomic E-state index is 0. The zero-order chi connectivity index (χ0) is 16.7. The number of nitro benzene ring substituents is 1. The summed E-state index contributed by atoms with van der Waals surface area (Å²) in [5.41, 5.74) is 5.98. The molecule has 0 saturated heterocycles. The first-order valence-corrected chi connectivity index (χ1v) is 6.72. The number of esters is 1. The molecule has 0 aliphatic carbocycles. The number of benzene rings is 1. The van der Waals surface area contributed by atoms with Crippen molar-refractivity contribution in [2.45, 2.75) is 25.8 Å². The minimum atomic E-state index is -0.514. The Morgan fingerprint density at radius 3 is 2.48 bits per heavy atom. The molecule has 23 heavy (non-hydrogen) atoms. The molecule has 0 spiro atoms. The molecule has 0 heterocycles. The van der Waals surface area contributed by atoms with Gasteiger partial charge in [-0.15, -0.1) is 12.4 Å². The van der Waals surface area contributed by atoms with Gasteiger partial charge in [-0.05, 0) is 19.4 Å². The average molecular weight is 349 g/mol. The number of carbonyl (C=O) groups excluding carboxylic acids is 1. The molecule has 130 valence electrons. The molecule has 9 heteroatoms. The number of methoxy groups -OCH3 is 2. The number of nitrogens with zero attached hydrogens (tertiary/aromatic N) is 1. The topological polar surface area (TPSA) is 114 Å². The van der Waals surface area contributed by atoms with Crippen LogP contribution in [0, 0.1) is 10.1 Å². The van der Waals surface area contributed by atoms with E-state index in [4.69, 9.17) is 15.2 Å². The Bertz CT molecular complexity index is 550. The number of hydrogen-bond donors (Lipinski definition) is 1. The fourth-order valence-corrected chi connectivity index (χ4v) is 1.86. The molecule has 8 nitrogen and oxygen atoms in total. The van der Waals surface area contributed by atoms with Crippen LogP contribution in [0.25, 0.3) is 0 Å². The maximum atomic E-state index is 11.1. The van der Waals surface area contributed by atoms with Gasteiger partial charge in [-0.1, -0.05) is 0 Å². The quantitative estimate of drug-likeness (QED) is 0.332. The van der Waals surface area contributed by atoms with Crippen LogP contribution in [0.5, 0.6) is 11.5 Å². The van der Waals surface area contributed by atoms with Gasteiger partial charge in [0.1, 0.15) is 0 Å². The fourth-order valence-electron chi connectivity index (χ4n) is 1.86. The van der Waals surface area contributed by atoms with E-state index >= 15 is 0 Å². The number of nitrogens with two attached hydrogens (primary N) is 1. The molecule has 1 aromatic rings. The SMILES string of the molecule is COC(=O)CCCOc1cc([N+](=O)[O-])c(C(C)N)cc1OC.Cl. The van der Waals surface area contributed by atoms with Crippen molar-refractivity contribution in [3.8, 4) is 11.5 Å². The van der Waals surface area contributed by atoms with E-state index in [2.05, 4.69) is 4.74 Å². The summed E-state index contributed by atoms with van der Waals surface area (Å²) in [6.45, 7) is 1.86. The van der Waals surface area contributed by atoms with E-state index < -0.39 is 11.0 Å². The van der Waals surface area contributed by atoms with Gasteiger partial charge in [-0.3, -0.25) is 14.9 Å². The summed E-state index contributed by atoms with van der Waals surface area (Å²) in [5.74, 6) is 0.258. The summed E-state index contributed by atoms with van der Waals surface area (Å²) in [7, 11) is 2.75. The van der Waals surface area contributed by atoms with Gasteiger partial charge < -0.3 is 19.9 Å². The van der Waals surface area contributed by atoms with E-state index in [1.54, 1.807) is 6.92 Å². The van der Waals surface area contributed by atoms with Crippen LogP contribution in [0.3, 0.4) is 0 Å². The molecule has 1 unspecified atom stereocenters. The van der Waals surface area contributed by atoms with Crippen LogP contribution < -0.4 is 15.2 Å². The maximum Gasteiger partial charge on any atom is 0.305 e. The zero-order valence-corrected chi connectivity index (χ0v) is 14.1. The molecule has 1 rings (SSSR count). The molecule has 0 fully saturated rings. The van der Waals surface area contributed by atoms with Gasteiger partial charge in [0.15, 0.2) is 11.5 Å². The van der Waals surface area contributed by atoms with Gasteiger partial charge in [0, 0.05) is 12.5 Å². The molecule has 0 aliphatic heterocycles. The first-order valence-electron chi connectivity index (χ1n) is 6.72. The standard InChI is InChI=1S/C14H20N2O6.ClH/c1-9(15)10-7-12(20-2)13(8-11(10)16(18)19)22-6-4-5-14(17)21-3;/h7-9H,4-6,15H2,1-3H3;1H. The highest BCUT2D eigenvalue weighted by atomic mass is 35.5. The first kappa shape index (κ1) is 20.9. The normalized spacial score (nSPS) is 11.1. The van der Waals surface area contributed by atoms with E-state index in [9.17, 15) is 14.9 Å². The predicted octanol–water partition coefficient (Wildman–Crippen LogP) is 2.38. The summed E-state index contributed by atoms with van der Waals surface area (Å²) in [5, 5.41) is 11.1. The maximum absolute atomic E-state index is 11.1. The molecule has 1 atom stereocenters.